The molecule has 0 bridgehead atoms. The first-order valence-corrected chi connectivity index (χ1v) is 10.7. The summed E-state index contributed by atoms with van der Waals surface area (Å²) in [6, 6.07) is 6.75. The minimum atomic E-state index is -4.58. The summed E-state index contributed by atoms with van der Waals surface area (Å²) in [5.41, 5.74) is -1.03. The van der Waals surface area contributed by atoms with Gasteiger partial charge in [0.15, 0.2) is 12.3 Å². The van der Waals surface area contributed by atoms with Gasteiger partial charge in [0, 0.05) is 17.9 Å². The zero-order valence-corrected chi connectivity index (χ0v) is 19.1. The van der Waals surface area contributed by atoms with E-state index in [9.17, 15) is 32.8 Å². The number of aryl methyl sites for hydroxylation is 1. The maximum Gasteiger partial charge on any atom is 0.422 e. The van der Waals surface area contributed by atoms with Crippen LogP contribution in [0.15, 0.2) is 33.9 Å². The van der Waals surface area contributed by atoms with E-state index in [0.717, 1.165) is 12.1 Å². The van der Waals surface area contributed by atoms with E-state index in [-0.39, 0.29) is 46.1 Å². The Morgan fingerprint density at radius 3 is 2.60 bits per heavy atom. The first-order chi connectivity index (χ1) is 16.4. The Hall–Kier alpha value is -4.14. The molecule has 1 amide bonds. The molecule has 1 aromatic carbocycles. The van der Waals surface area contributed by atoms with Crippen LogP contribution in [0.5, 0.6) is 5.75 Å². The van der Waals surface area contributed by atoms with Crippen LogP contribution in [-0.2, 0) is 6.54 Å². The fraction of sp³-hybridized carbons (Fsp3) is 0.348. The summed E-state index contributed by atoms with van der Waals surface area (Å²) in [5, 5.41) is 11.8. The first-order valence-electron chi connectivity index (χ1n) is 10.7. The summed E-state index contributed by atoms with van der Waals surface area (Å²) in [5.74, 6) is -1.15. The standard InChI is InChI=1S/C23H22F3N5O4/c1-4-7-31-19-18(21(33)30-22(31)34)15(9-16(29-19)12(2)3)20(32)28-14-5-6-17(13(8-14)10-27)35-11-23(24,25)26/h5-6,8-9,12H,4,7,11H2,1-3H3,(H,28,32)(H,30,33,34). The molecule has 0 aliphatic rings. The molecule has 0 saturated carbocycles. The average molecular weight is 489 g/mol. The molecular formula is C23H22F3N5O4. The van der Waals surface area contributed by atoms with Crippen molar-refractivity contribution in [2.45, 2.75) is 45.8 Å². The molecule has 2 aromatic heterocycles. The normalized spacial score (nSPS) is 11.5. The number of alkyl halides is 3. The predicted octanol–water partition coefficient (Wildman–Crippen LogP) is 3.68. The lowest BCUT2D eigenvalue weighted by Crippen LogP contribution is -2.32. The minimum Gasteiger partial charge on any atom is -0.483 e. The second-order valence-electron chi connectivity index (χ2n) is 8.04. The number of aromatic amines is 1. The van der Waals surface area contributed by atoms with Crippen molar-refractivity contribution in [3.63, 3.8) is 0 Å². The van der Waals surface area contributed by atoms with Gasteiger partial charge in [0.2, 0.25) is 0 Å². The number of nitriles is 1. The van der Waals surface area contributed by atoms with E-state index in [0.29, 0.717) is 12.1 Å². The van der Waals surface area contributed by atoms with Gasteiger partial charge in [-0.3, -0.25) is 19.1 Å². The highest BCUT2D eigenvalue weighted by molar-refractivity contribution is 6.12. The third-order valence-corrected chi connectivity index (χ3v) is 5.00. The summed E-state index contributed by atoms with van der Waals surface area (Å²) in [6.45, 7) is 4.22. The number of hydrogen-bond donors (Lipinski definition) is 2. The molecule has 0 radical (unpaired) electrons. The summed E-state index contributed by atoms with van der Waals surface area (Å²) in [6.07, 6.45) is -4.00. The zero-order chi connectivity index (χ0) is 25.9. The highest BCUT2D eigenvalue weighted by Crippen LogP contribution is 2.26. The van der Waals surface area contributed by atoms with Gasteiger partial charge >= 0.3 is 11.9 Å². The van der Waals surface area contributed by atoms with Crippen molar-refractivity contribution in [1.29, 1.82) is 5.26 Å². The molecule has 0 spiro atoms. The molecule has 0 fully saturated rings. The summed E-state index contributed by atoms with van der Waals surface area (Å²) in [7, 11) is 0. The SMILES string of the molecule is CCCn1c(=O)[nH]c(=O)c2c(C(=O)Nc3ccc(OCC(F)(F)F)c(C#N)c3)cc(C(C)C)nc21. The molecule has 0 aliphatic carbocycles. The van der Waals surface area contributed by atoms with Crippen molar-refractivity contribution in [2.24, 2.45) is 0 Å². The van der Waals surface area contributed by atoms with Crippen molar-refractivity contribution < 1.29 is 22.7 Å². The predicted molar refractivity (Wildman–Crippen MR) is 122 cm³/mol. The molecule has 3 aromatic rings. The van der Waals surface area contributed by atoms with Crippen LogP contribution in [0.4, 0.5) is 18.9 Å². The van der Waals surface area contributed by atoms with Gasteiger partial charge in [-0.05, 0) is 36.6 Å². The van der Waals surface area contributed by atoms with Crippen LogP contribution in [0.25, 0.3) is 11.0 Å². The number of nitrogens with zero attached hydrogens (tertiary/aromatic N) is 3. The van der Waals surface area contributed by atoms with Gasteiger partial charge in [0.1, 0.15) is 11.8 Å². The van der Waals surface area contributed by atoms with Crippen LogP contribution >= 0.6 is 0 Å². The van der Waals surface area contributed by atoms with Gasteiger partial charge < -0.3 is 10.1 Å². The second-order valence-corrected chi connectivity index (χ2v) is 8.04. The minimum absolute atomic E-state index is 0.0410. The molecule has 3 rings (SSSR count). The maximum absolute atomic E-state index is 13.2. The number of rotatable bonds is 7. The molecule has 0 saturated heterocycles. The lowest BCUT2D eigenvalue weighted by atomic mass is 10.0. The van der Waals surface area contributed by atoms with Crippen molar-refractivity contribution in [3.05, 3.63) is 61.9 Å². The van der Waals surface area contributed by atoms with Gasteiger partial charge in [0.05, 0.1) is 16.5 Å². The Morgan fingerprint density at radius 1 is 1.29 bits per heavy atom. The van der Waals surface area contributed by atoms with Gasteiger partial charge in [0.25, 0.3) is 11.5 Å². The third kappa shape index (κ3) is 5.68. The van der Waals surface area contributed by atoms with E-state index in [1.165, 1.54) is 16.7 Å². The molecule has 12 heteroatoms. The number of H-pyrrole nitrogens is 1. The molecule has 35 heavy (non-hydrogen) atoms. The highest BCUT2D eigenvalue weighted by atomic mass is 19.4. The number of carbonyl (C=O) groups excluding carboxylic acids is 1. The number of nitrogens with one attached hydrogen (secondary N) is 2. The number of anilines is 1. The van der Waals surface area contributed by atoms with Crippen molar-refractivity contribution >= 4 is 22.6 Å². The van der Waals surface area contributed by atoms with E-state index < -0.39 is 29.9 Å². The number of aromatic nitrogens is 3. The maximum atomic E-state index is 13.2. The fourth-order valence-electron chi connectivity index (χ4n) is 3.38. The van der Waals surface area contributed by atoms with Gasteiger partial charge in [-0.2, -0.15) is 18.4 Å². The molecule has 9 nitrogen and oxygen atoms in total. The van der Waals surface area contributed by atoms with E-state index in [1.807, 2.05) is 20.8 Å². The van der Waals surface area contributed by atoms with Gasteiger partial charge in [-0.15, -0.1) is 0 Å². The number of ether oxygens (including phenoxy) is 1. The largest absolute Gasteiger partial charge is 0.483 e. The van der Waals surface area contributed by atoms with E-state index >= 15 is 0 Å². The van der Waals surface area contributed by atoms with Gasteiger partial charge in [-0.25, -0.2) is 9.78 Å². The van der Waals surface area contributed by atoms with Crippen molar-refractivity contribution in [1.82, 2.24) is 14.5 Å². The Bertz CT molecular complexity index is 1430. The average Bonchev–Trinajstić information content (AvgIpc) is 2.79. The Morgan fingerprint density at radius 2 is 2.00 bits per heavy atom. The quantitative estimate of drug-likeness (QED) is 0.521. The van der Waals surface area contributed by atoms with Crippen molar-refractivity contribution in [3.8, 4) is 11.8 Å². The number of halogens is 3. The third-order valence-electron chi connectivity index (χ3n) is 5.00. The van der Waals surface area contributed by atoms with E-state index in [2.05, 4.69) is 20.0 Å². The first kappa shape index (κ1) is 25.5. The summed E-state index contributed by atoms with van der Waals surface area (Å²) in [4.78, 5) is 44.9. The number of pyridine rings is 1. The van der Waals surface area contributed by atoms with E-state index in [1.54, 1.807) is 6.07 Å². The van der Waals surface area contributed by atoms with Crippen LogP contribution in [-0.4, -0.2) is 33.2 Å². The molecule has 0 atom stereocenters. The Labute approximate surface area is 197 Å². The molecular weight excluding hydrogens is 467 g/mol. The lowest BCUT2D eigenvalue weighted by molar-refractivity contribution is -0.153. The number of carbonyl (C=O) groups is 1. The molecule has 184 valence electrons. The van der Waals surface area contributed by atoms with Crippen molar-refractivity contribution in [2.75, 3.05) is 11.9 Å². The fourth-order valence-corrected chi connectivity index (χ4v) is 3.38. The molecule has 2 heterocycles. The summed E-state index contributed by atoms with van der Waals surface area (Å²) >= 11 is 0. The second kappa shape index (κ2) is 10.0. The smallest absolute Gasteiger partial charge is 0.422 e. The van der Waals surface area contributed by atoms with Crippen LogP contribution in [0.3, 0.4) is 0 Å². The molecule has 2 N–H and O–H groups in total. The van der Waals surface area contributed by atoms with Crippen LogP contribution < -0.4 is 21.3 Å². The zero-order valence-electron chi connectivity index (χ0n) is 19.1. The van der Waals surface area contributed by atoms with E-state index in [4.69, 9.17) is 0 Å². The molecule has 0 aliphatic heterocycles. The topological polar surface area (TPSA) is 130 Å². The van der Waals surface area contributed by atoms with Gasteiger partial charge in [-0.1, -0.05) is 20.8 Å². The number of hydrogen-bond acceptors (Lipinski definition) is 6. The lowest BCUT2D eigenvalue weighted by Gasteiger charge is -2.15. The summed E-state index contributed by atoms with van der Waals surface area (Å²) < 4.78 is 43.3. The van der Waals surface area contributed by atoms with Crippen LogP contribution in [0, 0.1) is 11.3 Å². The number of fused-ring (bicyclic) bond motifs is 1. The number of amides is 1. The number of benzene rings is 1. The molecule has 0 unspecified atom stereocenters. The monoisotopic (exact) mass is 489 g/mol. The van der Waals surface area contributed by atoms with Crippen LogP contribution in [0.2, 0.25) is 0 Å². The van der Waals surface area contributed by atoms with Crippen LogP contribution in [0.1, 0.15) is 54.7 Å². The Balaban J connectivity index is 2.07. The highest BCUT2D eigenvalue weighted by Gasteiger charge is 2.29. The Kier molecular flexibility index (Phi) is 7.28.